The summed E-state index contributed by atoms with van der Waals surface area (Å²) in [4.78, 5) is 28.3. The van der Waals surface area contributed by atoms with Gasteiger partial charge in [-0.3, -0.25) is 9.59 Å². The largest absolute Gasteiger partial charge is 0.325 e. The molecule has 1 atom stereocenters. The normalized spacial score (nSPS) is 14.2. The monoisotopic (exact) mass is 370 g/mol. The molecule has 1 amide bonds. The van der Waals surface area contributed by atoms with Crippen LogP contribution in [-0.2, 0) is 10.5 Å². The molecule has 0 aromatic heterocycles. The molecule has 4 nitrogen and oxygen atoms in total. The van der Waals surface area contributed by atoms with Crippen LogP contribution in [0.25, 0.3) is 0 Å². The summed E-state index contributed by atoms with van der Waals surface area (Å²) in [6.45, 7) is 3.39. The van der Waals surface area contributed by atoms with Crippen LogP contribution in [0, 0.1) is 0 Å². The van der Waals surface area contributed by atoms with Gasteiger partial charge in [0.05, 0.1) is 10.9 Å². The number of nitrogens with zero attached hydrogens (tertiary/aromatic N) is 1. The summed E-state index contributed by atoms with van der Waals surface area (Å²) in [5.41, 5.74) is 3.52. The Morgan fingerprint density at radius 1 is 1.16 bits per heavy atom. The summed E-state index contributed by atoms with van der Waals surface area (Å²) < 4.78 is 0.910. The Bertz CT molecular complexity index is 832. The lowest BCUT2D eigenvalue weighted by molar-refractivity contribution is -0.115. The molecule has 3 rings (SSSR count). The maximum Gasteiger partial charge on any atom is 0.237 e. The molecule has 0 spiro atoms. The highest BCUT2D eigenvalue weighted by Crippen LogP contribution is 2.35. The number of para-hydroxylation sites is 1. The first-order valence-corrected chi connectivity index (χ1v) is 9.77. The molecule has 0 saturated heterocycles. The minimum Gasteiger partial charge on any atom is -0.325 e. The van der Waals surface area contributed by atoms with E-state index in [4.69, 9.17) is 0 Å². The number of carbonyl (C=O) groups is 2. The number of rotatable bonds is 4. The Balaban J connectivity index is 1.61. The molecule has 1 aliphatic rings. The number of aliphatic imine (C=N–C) groups is 1. The van der Waals surface area contributed by atoms with E-state index in [9.17, 15) is 9.59 Å². The number of hydrogen-bond donors (Lipinski definition) is 1. The van der Waals surface area contributed by atoms with Crippen LogP contribution in [0.3, 0.4) is 0 Å². The van der Waals surface area contributed by atoms with Crippen molar-refractivity contribution in [1.82, 2.24) is 0 Å². The van der Waals surface area contributed by atoms with E-state index in [2.05, 4.69) is 16.4 Å². The molecule has 1 heterocycles. The molecule has 0 aliphatic carbocycles. The highest BCUT2D eigenvalue weighted by molar-refractivity contribution is 8.39. The molecule has 128 valence electrons. The van der Waals surface area contributed by atoms with Gasteiger partial charge in [0.25, 0.3) is 0 Å². The molecule has 0 radical (unpaired) electrons. The zero-order chi connectivity index (χ0) is 17.8. The predicted octanol–water partition coefficient (Wildman–Crippen LogP) is 4.88. The second-order valence-corrected chi connectivity index (χ2v) is 8.23. The number of Topliss-reactive ketones (excluding diaryl/α,β-unsaturated/α-hetero) is 1. The molecule has 2 aromatic rings. The van der Waals surface area contributed by atoms with Gasteiger partial charge in [0.2, 0.25) is 5.91 Å². The molecule has 0 saturated carbocycles. The second kappa shape index (κ2) is 7.89. The van der Waals surface area contributed by atoms with E-state index in [1.165, 1.54) is 24.2 Å². The van der Waals surface area contributed by atoms with Crippen molar-refractivity contribution in [1.29, 1.82) is 0 Å². The number of anilines is 1. The number of thioether (sulfide) groups is 2. The van der Waals surface area contributed by atoms with E-state index in [0.29, 0.717) is 11.3 Å². The zero-order valence-corrected chi connectivity index (χ0v) is 15.6. The third kappa shape index (κ3) is 4.52. The number of nitrogens with one attached hydrogen (secondary N) is 1. The van der Waals surface area contributed by atoms with Gasteiger partial charge in [0.1, 0.15) is 4.38 Å². The lowest BCUT2D eigenvalue weighted by Gasteiger charge is -2.17. The van der Waals surface area contributed by atoms with E-state index in [0.717, 1.165) is 15.8 Å². The van der Waals surface area contributed by atoms with E-state index in [1.54, 1.807) is 36.0 Å². The second-order valence-electron chi connectivity index (χ2n) is 5.68. The standard InChI is InChI=1S/C19H18N2O2S2/c1-12(22)14-7-9-16(10-8-14)20-18(23)13(2)25-19-21-17-6-4-3-5-15(17)11-24-19/h3-10,13H,11H2,1-2H3,(H,20,23)/t13-/m1/s1. The van der Waals surface area contributed by atoms with Crippen molar-refractivity contribution in [3.8, 4) is 0 Å². The van der Waals surface area contributed by atoms with E-state index in [1.807, 2.05) is 25.1 Å². The van der Waals surface area contributed by atoms with Crippen LogP contribution >= 0.6 is 23.5 Å². The van der Waals surface area contributed by atoms with Gasteiger partial charge in [-0.1, -0.05) is 41.7 Å². The summed E-state index contributed by atoms with van der Waals surface area (Å²) in [5.74, 6) is 0.806. The molecule has 1 aliphatic heterocycles. The first-order valence-electron chi connectivity index (χ1n) is 7.91. The Hall–Kier alpha value is -2.05. The zero-order valence-electron chi connectivity index (χ0n) is 14.0. The molecule has 25 heavy (non-hydrogen) atoms. The van der Waals surface area contributed by atoms with Crippen molar-refractivity contribution >= 4 is 51.0 Å². The summed E-state index contributed by atoms with van der Waals surface area (Å²) >= 11 is 3.12. The van der Waals surface area contributed by atoms with Gasteiger partial charge >= 0.3 is 0 Å². The average molecular weight is 370 g/mol. The quantitative estimate of drug-likeness (QED) is 0.779. The Labute approximate surface area is 155 Å². The Kier molecular flexibility index (Phi) is 5.60. The molecule has 6 heteroatoms. The maximum atomic E-state index is 12.4. The van der Waals surface area contributed by atoms with Crippen LogP contribution in [0.1, 0.15) is 29.8 Å². The average Bonchev–Trinajstić information content (AvgIpc) is 2.62. The number of fused-ring (bicyclic) bond motifs is 1. The smallest absolute Gasteiger partial charge is 0.237 e. The summed E-state index contributed by atoms with van der Waals surface area (Å²) in [6, 6.07) is 15.0. The van der Waals surface area contributed by atoms with E-state index < -0.39 is 0 Å². The summed E-state index contributed by atoms with van der Waals surface area (Å²) in [7, 11) is 0. The third-order valence-electron chi connectivity index (χ3n) is 3.76. The van der Waals surface area contributed by atoms with Gasteiger partial charge in [-0.15, -0.1) is 0 Å². The number of benzene rings is 2. The van der Waals surface area contributed by atoms with Crippen LogP contribution < -0.4 is 5.32 Å². The van der Waals surface area contributed by atoms with Crippen LogP contribution in [0.2, 0.25) is 0 Å². The fourth-order valence-electron chi connectivity index (χ4n) is 2.31. The van der Waals surface area contributed by atoms with Crippen LogP contribution in [0.5, 0.6) is 0 Å². The van der Waals surface area contributed by atoms with E-state index in [-0.39, 0.29) is 16.9 Å². The minimum atomic E-state index is -0.260. The van der Waals surface area contributed by atoms with Crippen molar-refractivity contribution in [2.24, 2.45) is 4.99 Å². The first kappa shape index (κ1) is 17.8. The van der Waals surface area contributed by atoms with Gasteiger partial charge in [-0.05, 0) is 49.7 Å². The first-order chi connectivity index (χ1) is 12.0. The fourth-order valence-corrected chi connectivity index (χ4v) is 4.50. The van der Waals surface area contributed by atoms with Crippen molar-refractivity contribution in [2.75, 3.05) is 5.32 Å². The number of amides is 1. The van der Waals surface area contributed by atoms with Crippen molar-refractivity contribution < 1.29 is 9.59 Å². The molecule has 0 fully saturated rings. The molecule has 1 N–H and O–H groups in total. The topological polar surface area (TPSA) is 58.5 Å². The minimum absolute atomic E-state index is 0.00872. The molecular formula is C19H18N2O2S2. The number of hydrogen-bond acceptors (Lipinski definition) is 5. The van der Waals surface area contributed by atoms with Gasteiger partial charge in [0.15, 0.2) is 5.78 Å². The number of carbonyl (C=O) groups excluding carboxylic acids is 2. The van der Waals surface area contributed by atoms with Gasteiger partial charge in [-0.25, -0.2) is 4.99 Å². The van der Waals surface area contributed by atoms with E-state index >= 15 is 0 Å². The maximum absolute atomic E-state index is 12.4. The summed E-state index contributed by atoms with van der Waals surface area (Å²) in [5, 5.41) is 2.62. The van der Waals surface area contributed by atoms with Gasteiger partial charge in [0, 0.05) is 17.0 Å². The predicted molar refractivity (Wildman–Crippen MR) is 107 cm³/mol. The molecule has 0 unspecified atom stereocenters. The van der Waals surface area contributed by atoms with Crippen LogP contribution in [0.4, 0.5) is 11.4 Å². The Morgan fingerprint density at radius 2 is 1.88 bits per heavy atom. The van der Waals surface area contributed by atoms with Crippen molar-refractivity contribution in [3.05, 3.63) is 59.7 Å². The number of ketones is 1. The Morgan fingerprint density at radius 3 is 2.60 bits per heavy atom. The van der Waals surface area contributed by atoms with Gasteiger partial charge < -0.3 is 5.32 Å². The highest BCUT2D eigenvalue weighted by Gasteiger charge is 2.20. The van der Waals surface area contributed by atoms with Crippen LogP contribution in [-0.4, -0.2) is 21.3 Å². The van der Waals surface area contributed by atoms with Gasteiger partial charge in [-0.2, -0.15) is 0 Å². The lowest BCUT2D eigenvalue weighted by atomic mass is 10.1. The third-order valence-corrected chi connectivity index (χ3v) is 6.06. The van der Waals surface area contributed by atoms with Crippen LogP contribution in [0.15, 0.2) is 53.5 Å². The lowest BCUT2D eigenvalue weighted by Crippen LogP contribution is -2.23. The molecule has 2 aromatic carbocycles. The fraction of sp³-hybridized carbons (Fsp3) is 0.211. The summed E-state index contributed by atoms with van der Waals surface area (Å²) in [6.07, 6.45) is 0. The molecular weight excluding hydrogens is 352 g/mol. The van der Waals surface area contributed by atoms with Crippen molar-refractivity contribution in [3.63, 3.8) is 0 Å². The SMILES string of the molecule is CC(=O)c1ccc(NC(=O)[C@@H](C)SC2=Nc3ccccc3CS2)cc1. The molecule has 0 bridgehead atoms. The highest BCUT2D eigenvalue weighted by atomic mass is 32.2. The van der Waals surface area contributed by atoms with Crippen molar-refractivity contribution in [2.45, 2.75) is 24.9 Å².